The molecule has 1 heterocycles. The first-order chi connectivity index (χ1) is 6.16. The van der Waals surface area contributed by atoms with Crippen molar-refractivity contribution in [2.24, 2.45) is 0 Å². The van der Waals surface area contributed by atoms with Crippen LogP contribution in [0.1, 0.15) is 12.0 Å². The Balaban J connectivity index is 2.68. The highest BCUT2D eigenvalue weighted by molar-refractivity contribution is 7.71. The number of rotatable bonds is 1. The second kappa shape index (κ2) is 2.92. The van der Waals surface area contributed by atoms with Crippen LogP contribution in [0.5, 0.6) is 0 Å². The Morgan fingerprint density at radius 3 is 2.85 bits per heavy atom. The van der Waals surface area contributed by atoms with E-state index >= 15 is 0 Å². The normalized spacial score (nSPS) is 11.3. The molecule has 1 N–H and O–H groups in total. The minimum Gasteiger partial charge on any atom is -0.429 e. The lowest BCUT2D eigenvalue weighted by Crippen LogP contribution is -1.81. The van der Waals surface area contributed by atoms with E-state index in [4.69, 9.17) is 16.6 Å². The van der Waals surface area contributed by atoms with Gasteiger partial charge in [0.15, 0.2) is 5.58 Å². The zero-order valence-electron chi connectivity index (χ0n) is 6.38. The van der Waals surface area contributed by atoms with Gasteiger partial charge in [0.05, 0.1) is 5.52 Å². The Labute approximate surface area is 77.2 Å². The maximum absolute atomic E-state index is 12.2. The highest BCUT2D eigenvalue weighted by atomic mass is 32.1. The second-order valence-electron chi connectivity index (χ2n) is 2.57. The van der Waals surface area contributed by atoms with Gasteiger partial charge in [-0.25, -0.2) is 8.78 Å². The van der Waals surface area contributed by atoms with E-state index < -0.39 is 6.43 Å². The molecule has 0 fully saturated rings. The van der Waals surface area contributed by atoms with Gasteiger partial charge in [-0.2, -0.15) is 0 Å². The Kier molecular flexibility index (Phi) is 1.88. The molecule has 0 spiro atoms. The van der Waals surface area contributed by atoms with Crippen LogP contribution in [0.15, 0.2) is 22.6 Å². The Morgan fingerprint density at radius 1 is 1.38 bits per heavy atom. The summed E-state index contributed by atoms with van der Waals surface area (Å²) in [7, 11) is 0. The fraction of sp³-hybridized carbons (Fsp3) is 0.125. The molecule has 0 saturated carbocycles. The fourth-order valence-electron chi connectivity index (χ4n) is 1.10. The van der Waals surface area contributed by atoms with Crippen LogP contribution in [-0.2, 0) is 0 Å². The molecule has 0 unspecified atom stereocenters. The monoisotopic (exact) mass is 201 g/mol. The van der Waals surface area contributed by atoms with Crippen LogP contribution in [0.4, 0.5) is 8.78 Å². The lowest BCUT2D eigenvalue weighted by atomic mass is 10.2. The zero-order chi connectivity index (χ0) is 9.42. The van der Waals surface area contributed by atoms with Gasteiger partial charge in [-0.05, 0) is 24.4 Å². The number of halogens is 2. The van der Waals surface area contributed by atoms with E-state index in [1.165, 1.54) is 18.2 Å². The van der Waals surface area contributed by atoms with Crippen molar-refractivity contribution < 1.29 is 13.2 Å². The number of aromatic nitrogens is 1. The van der Waals surface area contributed by atoms with Crippen molar-refractivity contribution in [2.75, 3.05) is 0 Å². The van der Waals surface area contributed by atoms with Crippen LogP contribution < -0.4 is 0 Å². The number of hydrogen-bond acceptors (Lipinski definition) is 2. The summed E-state index contributed by atoms with van der Waals surface area (Å²) in [4.78, 5) is 2.92. The second-order valence-corrected chi connectivity index (χ2v) is 2.94. The summed E-state index contributed by atoms with van der Waals surface area (Å²) in [5.74, 6) is 0. The summed E-state index contributed by atoms with van der Waals surface area (Å²) in [5, 5.41) is 0. The van der Waals surface area contributed by atoms with E-state index in [1.807, 2.05) is 0 Å². The van der Waals surface area contributed by atoms with Gasteiger partial charge in [0.25, 0.3) is 11.3 Å². The first kappa shape index (κ1) is 8.37. The minimum atomic E-state index is -2.48. The number of aromatic amines is 1. The van der Waals surface area contributed by atoms with Gasteiger partial charge >= 0.3 is 0 Å². The molecule has 0 aliphatic carbocycles. The van der Waals surface area contributed by atoms with Gasteiger partial charge in [0.1, 0.15) is 0 Å². The zero-order valence-corrected chi connectivity index (χ0v) is 7.20. The van der Waals surface area contributed by atoms with Crippen LogP contribution in [-0.4, -0.2) is 4.98 Å². The molecule has 1 aromatic carbocycles. The van der Waals surface area contributed by atoms with Crippen LogP contribution in [0, 0.1) is 4.84 Å². The molecule has 0 saturated heterocycles. The molecule has 2 aromatic rings. The van der Waals surface area contributed by atoms with E-state index in [2.05, 4.69) is 4.98 Å². The molecule has 0 amide bonds. The Hall–Kier alpha value is -1.23. The average Bonchev–Trinajstić information content (AvgIpc) is 2.42. The molecule has 68 valence electrons. The maximum Gasteiger partial charge on any atom is 0.266 e. The molecule has 5 heteroatoms. The molecule has 2 rings (SSSR count). The van der Waals surface area contributed by atoms with E-state index in [1.54, 1.807) is 0 Å². The first-order valence-corrected chi connectivity index (χ1v) is 3.98. The predicted octanol–water partition coefficient (Wildman–Crippen LogP) is 3.43. The van der Waals surface area contributed by atoms with Crippen LogP contribution in [0.2, 0.25) is 0 Å². The molecule has 0 aliphatic heterocycles. The third kappa shape index (κ3) is 1.47. The summed E-state index contributed by atoms with van der Waals surface area (Å²) in [6.07, 6.45) is -2.48. The maximum atomic E-state index is 12.2. The van der Waals surface area contributed by atoms with Gasteiger partial charge in [0.2, 0.25) is 0 Å². The number of fused-ring (bicyclic) bond motifs is 1. The number of nitrogens with one attached hydrogen (secondary N) is 1. The highest BCUT2D eigenvalue weighted by Gasteiger charge is 2.08. The number of hydrogen-bond donors (Lipinski definition) is 1. The molecule has 0 radical (unpaired) electrons. The van der Waals surface area contributed by atoms with Crippen LogP contribution in [0.25, 0.3) is 11.1 Å². The van der Waals surface area contributed by atoms with Crippen molar-refractivity contribution >= 4 is 23.3 Å². The smallest absolute Gasteiger partial charge is 0.266 e. The number of H-pyrrole nitrogens is 1. The summed E-state index contributed by atoms with van der Waals surface area (Å²) < 4.78 is 29.4. The molecule has 0 aliphatic rings. The summed E-state index contributed by atoms with van der Waals surface area (Å²) in [6, 6.07) is 4.15. The minimum absolute atomic E-state index is 0.0646. The predicted molar refractivity (Wildman–Crippen MR) is 46.4 cm³/mol. The van der Waals surface area contributed by atoms with Crippen molar-refractivity contribution in [1.29, 1.82) is 0 Å². The van der Waals surface area contributed by atoms with E-state index in [-0.39, 0.29) is 10.4 Å². The number of benzene rings is 1. The molecular weight excluding hydrogens is 196 g/mol. The molecule has 0 bridgehead atoms. The van der Waals surface area contributed by atoms with E-state index in [9.17, 15) is 8.78 Å². The highest BCUT2D eigenvalue weighted by Crippen LogP contribution is 2.23. The summed E-state index contributed by atoms with van der Waals surface area (Å²) in [6.45, 7) is 0. The average molecular weight is 201 g/mol. The Bertz CT molecular complexity index is 488. The fourth-order valence-corrected chi connectivity index (χ4v) is 1.30. The van der Waals surface area contributed by atoms with E-state index in [0.29, 0.717) is 11.1 Å². The SMILES string of the molecule is FC(F)c1ccc2[nH]c(=S)oc2c1. The molecular formula is C8H5F2NOS. The van der Waals surface area contributed by atoms with Crippen LogP contribution in [0.3, 0.4) is 0 Å². The lowest BCUT2D eigenvalue weighted by Gasteiger charge is -1.96. The first-order valence-electron chi connectivity index (χ1n) is 3.58. The molecule has 2 nitrogen and oxygen atoms in total. The van der Waals surface area contributed by atoms with Gasteiger partial charge in [-0.3, -0.25) is 0 Å². The summed E-state index contributed by atoms with van der Waals surface area (Å²) in [5.41, 5.74) is 0.933. The molecule has 1 aromatic heterocycles. The number of alkyl halides is 2. The quantitative estimate of drug-likeness (QED) is 0.716. The van der Waals surface area contributed by atoms with Gasteiger partial charge in [-0.1, -0.05) is 6.07 Å². The summed E-state index contributed by atoms with van der Waals surface area (Å²) >= 11 is 4.71. The van der Waals surface area contributed by atoms with E-state index in [0.717, 1.165) is 0 Å². The van der Waals surface area contributed by atoms with Gasteiger partial charge in [0, 0.05) is 5.56 Å². The Morgan fingerprint density at radius 2 is 2.15 bits per heavy atom. The molecule has 13 heavy (non-hydrogen) atoms. The third-order valence-electron chi connectivity index (χ3n) is 1.70. The lowest BCUT2D eigenvalue weighted by molar-refractivity contribution is 0.151. The van der Waals surface area contributed by atoms with Crippen molar-refractivity contribution in [1.82, 2.24) is 4.98 Å². The topological polar surface area (TPSA) is 28.9 Å². The van der Waals surface area contributed by atoms with Crippen molar-refractivity contribution in [2.45, 2.75) is 6.43 Å². The third-order valence-corrected chi connectivity index (χ3v) is 1.88. The van der Waals surface area contributed by atoms with Crippen molar-refractivity contribution in [3.63, 3.8) is 0 Å². The number of oxazole rings is 1. The van der Waals surface area contributed by atoms with Crippen LogP contribution >= 0.6 is 12.2 Å². The standard InChI is InChI=1S/C8H5F2NOS/c9-7(10)4-1-2-5-6(3-4)12-8(13)11-5/h1-3,7H,(H,11,13). The van der Waals surface area contributed by atoms with Gasteiger partial charge in [-0.15, -0.1) is 0 Å². The largest absolute Gasteiger partial charge is 0.429 e. The van der Waals surface area contributed by atoms with Crippen molar-refractivity contribution in [3.8, 4) is 0 Å². The van der Waals surface area contributed by atoms with Gasteiger partial charge < -0.3 is 9.40 Å². The molecule has 0 atom stereocenters. The van der Waals surface area contributed by atoms with Crippen molar-refractivity contribution in [3.05, 3.63) is 28.6 Å².